The molecule has 0 aromatic carbocycles. The second kappa shape index (κ2) is 12.1. The largest absolute Gasteiger partial charge is 0.481 e. The fourth-order valence-electron chi connectivity index (χ4n) is 3.35. The standard InChI is InChI=1S/C25H34O5/c1-18(11-12-21-20(3)10-7-16-25(21,4)5)8-6-9-19(2)15-17-30-24(29)22(26)13-14-23(27)28/h6,8-9,11-12,15H,7,10,13-14,16-17H2,1-5H3,(H,27,28). The number of ketones is 1. The van der Waals surface area contributed by atoms with Crippen molar-refractivity contribution in [1.29, 1.82) is 0 Å². The van der Waals surface area contributed by atoms with Crippen LogP contribution in [0.2, 0.25) is 0 Å². The topological polar surface area (TPSA) is 80.7 Å². The second-order valence-electron chi connectivity index (χ2n) is 8.40. The van der Waals surface area contributed by atoms with Gasteiger partial charge in [0.05, 0.1) is 6.42 Å². The molecule has 5 nitrogen and oxygen atoms in total. The van der Waals surface area contributed by atoms with Crippen molar-refractivity contribution in [3.05, 3.63) is 58.7 Å². The Kier molecular flexibility index (Phi) is 10.2. The van der Waals surface area contributed by atoms with Crippen LogP contribution in [-0.4, -0.2) is 29.4 Å². The summed E-state index contributed by atoms with van der Waals surface area (Å²) in [7, 11) is 0. The van der Waals surface area contributed by atoms with Crippen molar-refractivity contribution >= 4 is 17.7 Å². The van der Waals surface area contributed by atoms with E-state index in [1.165, 1.54) is 30.4 Å². The van der Waals surface area contributed by atoms with Gasteiger partial charge < -0.3 is 9.84 Å². The van der Waals surface area contributed by atoms with Crippen molar-refractivity contribution in [1.82, 2.24) is 0 Å². The first-order valence-corrected chi connectivity index (χ1v) is 10.3. The number of hydrogen-bond donors (Lipinski definition) is 1. The smallest absolute Gasteiger partial charge is 0.374 e. The van der Waals surface area contributed by atoms with Gasteiger partial charge in [0, 0.05) is 6.42 Å². The van der Waals surface area contributed by atoms with E-state index in [-0.39, 0.29) is 24.9 Å². The van der Waals surface area contributed by atoms with Gasteiger partial charge in [-0.2, -0.15) is 0 Å². The lowest BCUT2D eigenvalue weighted by atomic mass is 9.72. The van der Waals surface area contributed by atoms with E-state index in [1.807, 2.05) is 25.2 Å². The van der Waals surface area contributed by atoms with Gasteiger partial charge in [0.1, 0.15) is 6.61 Å². The number of carbonyl (C=O) groups is 3. The lowest BCUT2D eigenvalue weighted by molar-refractivity contribution is -0.153. The van der Waals surface area contributed by atoms with E-state index in [0.717, 1.165) is 11.1 Å². The molecule has 0 saturated heterocycles. The zero-order chi connectivity index (χ0) is 22.7. The van der Waals surface area contributed by atoms with Gasteiger partial charge in [0.25, 0.3) is 0 Å². The minimum Gasteiger partial charge on any atom is -0.481 e. The summed E-state index contributed by atoms with van der Waals surface area (Å²) in [5.41, 5.74) is 5.15. The molecule has 0 aromatic rings. The predicted molar refractivity (Wildman–Crippen MR) is 119 cm³/mol. The van der Waals surface area contributed by atoms with Gasteiger partial charge >= 0.3 is 11.9 Å². The summed E-state index contributed by atoms with van der Waals surface area (Å²) in [6, 6.07) is 0. The SMILES string of the molecule is CC(C=CC1=C(C)CCCC1(C)C)=CC=CC(C)=CCOC(=O)C(=O)CCC(=O)O. The maximum atomic E-state index is 11.5. The van der Waals surface area contributed by atoms with E-state index in [0.29, 0.717) is 0 Å². The molecule has 1 aliphatic carbocycles. The number of carboxylic acids is 1. The van der Waals surface area contributed by atoms with E-state index in [1.54, 1.807) is 6.08 Å². The fourth-order valence-corrected chi connectivity index (χ4v) is 3.35. The molecular weight excluding hydrogens is 380 g/mol. The molecule has 0 bridgehead atoms. The number of rotatable bonds is 10. The highest BCUT2D eigenvalue weighted by molar-refractivity contribution is 6.33. The van der Waals surface area contributed by atoms with Gasteiger partial charge in [0.15, 0.2) is 0 Å². The molecule has 0 unspecified atom stereocenters. The molecule has 30 heavy (non-hydrogen) atoms. The van der Waals surface area contributed by atoms with Gasteiger partial charge in [-0.1, -0.05) is 60.9 Å². The van der Waals surface area contributed by atoms with Crippen molar-refractivity contribution < 1.29 is 24.2 Å². The molecule has 1 rings (SSSR count). The van der Waals surface area contributed by atoms with E-state index < -0.39 is 17.7 Å². The zero-order valence-corrected chi connectivity index (χ0v) is 18.8. The molecule has 0 spiro atoms. The summed E-state index contributed by atoms with van der Waals surface area (Å²) in [5.74, 6) is -2.94. The zero-order valence-electron chi connectivity index (χ0n) is 18.8. The molecule has 0 saturated carbocycles. The normalized spacial score (nSPS) is 17.6. The molecule has 0 radical (unpaired) electrons. The third-order valence-corrected chi connectivity index (χ3v) is 5.19. The van der Waals surface area contributed by atoms with Crippen LogP contribution in [0.1, 0.15) is 66.7 Å². The Morgan fingerprint density at radius 2 is 1.80 bits per heavy atom. The number of allylic oxidation sites excluding steroid dienone is 9. The maximum Gasteiger partial charge on any atom is 0.374 e. The minimum atomic E-state index is -1.12. The van der Waals surface area contributed by atoms with Crippen LogP contribution < -0.4 is 0 Å². The van der Waals surface area contributed by atoms with Gasteiger partial charge in [-0.15, -0.1) is 0 Å². The average molecular weight is 415 g/mol. The molecule has 0 atom stereocenters. The third kappa shape index (κ3) is 9.21. The first-order chi connectivity index (χ1) is 14.0. The molecule has 0 aromatic heterocycles. The van der Waals surface area contributed by atoms with E-state index in [4.69, 9.17) is 9.84 Å². The molecule has 1 N–H and O–H groups in total. The maximum absolute atomic E-state index is 11.5. The minimum absolute atomic E-state index is 0.0288. The Labute approximate surface area is 179 Å². The number of Topliss-reactive ketones (excluding diaryl/α,β-unsaturated/α-hetero) is 1. The highest BCUT2D eigenvalue weighted by Crippen LogP contribution is 2.40. The van der Waals surface area contributed by atoms with Crippen LogP contribution >= 0.6 is 0 Å². The van der Waals surface area contributed by atoms with Crippen LogP contribution in [-0.2, 0) is 19.1 Å². The van der Waals surface area contributed by atoms with Crippen molar-refractivity contribution in [2.45, 2.75) is 66.7 Å². The number of carbonyl (C=O) groups excluding carboxylic acids is 2. The Hall–Kier alpha value is -2.69. The average Bonchev–Trinajstić information content (AvgIpc) is 2.65. The molecule has 1 aliphatic rings. The van der Waals surface area contributed by atoms with Crippen molar-refractivity contribution in [2.75, 3.05) is 6.61 Å². The third-order valence-electron chi connectivity index (χ3n) is 5.19. The molecular formula is C25H34O5. The Balaban J connectivity index is 2.55. The van der Waals surface area contributed by atoms with Crippen LogP contribution in [0.5, 0.6) is 0 Å². The molecule has 0 heterocycles. The van der Waals surface area contributed by atoms with Crippen molar-refractivity contribution in [3.63, 3.8) is 0 Å². The molecule has 0 aliphatic heterocycles. The van der Waals surface area contributed by atoms with Gasteiger partial charge in [-0.3, -0.25) is 9.59 Å². The number of aliphatic carboxylic acids is 1. The number of hydrogen-bond acceptors (Lipinski definition) is 4. The van der Waals surface area contributed by atoms with Crippen LogP contribution in [0.15, 0.2) is 58.7 Å². The fraction of sp³-hybridized carbons (Fsp3) is 0.480. The summed E-state index contributed by atoms with van der Waals surface area (Å²) < 4.78 is 4.85. The first-order valence-electron chi connectivity index (χ1n) is 10.3. The summed E-state index contributed by atoms with van der Waals surface area (Å²) >= 11 is 0. The van der Waals surface area contributed by atoms with E-state index >= 15 is 0 Å². The lowest BCUT2D eigenvalue weighted by Crippen LogP contribution is -2.19. The van der Waals surface area contributed by atoms with Crippen LogP contribution in [0, 0.1) is 5.41 Å². The van der Waals surface area contributed by atoms with Gasteiger partial charge in [0.2, 0.25) is 5.78 Å². The van der Waals surface area contributed by atoms with E-state index in [2.05, 4.69) is 39.8 Å². The summed E-state index contributed by atoms with van der Waals surface area (Å²) in [6.45, 7) is 10.7. The van der Waals surface area contributed by atoms with Gasteiger partial charge in [-0.25, -0.2) is 4.79 Å². The molecule has 5 heteroatoms. The van der Waals surface area contributed by atoms with Crippen molar-refractivity contribution in [3.8, 4) is 0 Å². The number of ether oxygens (including phenoxy) is 1. The molecule has 0 amide bonds. The highest BCUT2D eigenvalue weighted by atomic mass is 16.5. The monoisotopic (exact) mass is 414 g/mol. The lowest BCUT2D eigenvalue weighted by Gasteiger charge is -2.32. The number of esters is 1. The Bertz CT molecular complexity index is 803. The summed E-state index contributed by atoms with van der Waals surface area (Å²) in [5, 5.41) is 8.52. The quantitative estimate of drug-likeness (QED) is 0.290. The number of carboxylic acid groups (broad SMARTS) is 1. The van der Waals surface area contributed by atoms with Crippen molar-refractivity contribution in [2.24, 2.45) is 5.41 Å². The molecule has 0 fully saturated rings. The second-order valence-corrected chi connectivity index (χ2v) is 8.40. The van der Waals surface area contributed by atoms with E-state index in [9.17, 15) is 14.4 Å². The first kappa shape index (κ1) is 25.3. The summed E-state index contributed by atoms with van der Waals surface area (Å²) in [6.07, 6.45) is 14.8. The summed E-state index contributed by atoms with van der Waals surface area (Å²) in [4.78, 5) is 33.3. The Morgan fingerprint density at radius 3 is 2.43 bits per heavy atom. The van der Waals surface area contributed by atoms with Crippen LogP contribution in [0.4, 0.5) is 0 Å². The highest BCUT2D eigenvalue weighted by Gasteiger charge is 2.26. The van der Waals surface area contributed by atoms with Crippen LogP contribution in [0.3, 0.4) is 0 Å². The van der Waals surface area contributed by atoms with Crippen LogP contribution in [0.25, 0.3) is 0 Å². The molecule has 164 valence electrons. The Morgan fingerprint density at radius 1 is 1.10 bits per heavy atom. The predicted octanol–water partition coefficient (Wildman–Crippen LogP) is 5.50. The van der Waals surface area contributed by atoms with Gasteiger partial charge in [-0.05, 0) is 57.1 Å².